The highest BCUT2D eigenvalue weighted by molar-refractivity contribution is 5.86. The van der Waals surface area contributed by atoms with Crippen LogP contribution < -0.4 is 5.32 Å². The van der Waals surface area contributed by atoms with Gasteiger partial charge in [-0.25, -0.2) is 4.79 Å². The molecule has 0 heterocycles. The summed E-state index contributed by atoms with van der Waals surface area (Å²) in [7, 11) is 0. The monoisotopic (exact) mass is 253 g/mol. The molecule has 0 bridgehead atoms. The zero-order valence-electron chi connectivity index (χ0n) is 11.7. The van der Waals surface area contributed by atoms with E-state index in [2.05, 4.69) is 12.2 Å². The van der Waals surface area contributed by atoms with E-state index in [0.717, 1.165) is 5.92 Å². The van der Waals surface area contributed by atoms with E-state index >= 15 is 0 Å². The summed E-state index contributed by atoms with van der Waals surface area (Å²) in [5.74, 6) is -0.0303. The van der Waals surface area contributed by atoms with E-state index in [1.165, 1.54) is 38.5 Å². The number of hydrogen-bond donors (Lipinski definition) is 2. The molecule has 1 rings (SSSR count). The van der Waals surface area contributed by atoms with Crippen molar-refractivity contribution in [2.24, 2.45) is 5.92 Å². The Kier molecular flexibility index (Phi) is 7.02. The van der Waals surface area contributed by atoms with Gasteiger partial charge in [-0.3, -0.25) is 0 Å². The molecule has 0 unspecified atom stereocenters. The average Bonchev–Trinajstić information content (AvgIpc) is 2.62. The van der Waals surface area contributed by atoms with Gasteiger partial charge in [0.2, 0.25) is 0 Å². The molecule has 0 saturated heterocycles. The van der Waals surface area contributed by atoms with E-state index in [4.69, 9.17) is 5.11 Å². The first-order chi connectivity index (χ1) is 8.65. The van der Waals surface area contributed by atoms with Gasteiger partial charge < -0.3 is 10.4 Å². The molecule has 0 aromatic heterocycles. The lowest BCUT2D eigenvalue weighted by Crippen LogP contribution is -2.33. The van der Waals surface area contributed by atoms with E-state index < -0.39 is 5.97 Å². The highest BCUT2D eigenvalue weighted by Crippen LogP contribution is 2.25. The van der Waals surface area contributed by atoms with Crippen molar-refractivity contribution in [3.63, 3.8) is 0 Å². The normalized spacial score (nSPS) is 20.4. The van der Waals surface area contributed by atoms with Crippen molar-refractivity contribution in [1.82, 2.24) is 5.32 Å². The molecule has 1 aliphatic rings. The summed E-state index contributed by atoms with van der Waals surface area (Å²) in [6.07, 6.45) is 10.5. The first kappa shape index (κ1) is 15.2. The predicted molar refractivity (Wildman–Crippen MR) is 74.7 cm³/mol. The Labute approximate surface area is 111 Å². The van der Waals surface area contributed by atoms with Gasteiger partial charge in [0.25, 0.3) is 0 Å². The van der Waals surface area contributed by atoms with Gasteiger partial charge in [0.05, 0.1) is 0 Å². The van der Waals surface area contributed by atoms with Crippen molar-refractivity contribution in [2.75, 3.05) is 6.54 Å². The molecule has 0 aliphatic heterocycles. The zero-order valence-corrected chi connectivity index (χ0v) is 11.7. The molecule has 0 amide bonds. The predicted octanol–water partition coefficient (Wildman–Crippen LogP) is 3.36. The Morgan fingerprint density at radius 1 is 1.33 bits per heavy atom. The smallest absolute Gasteiger partial charge is 0.331 e. The lowest BCUT2D eigenvalue weighted by Gasteiger charge is -2.23. The molecule has 3 nitrogen and oxygen atoms in total. The number of carbonyl (C=O) groups is 1. The quantitative estimate of drug-likeness (QED) is 0.563. The minimum absolute atomic E-state index is 0.492. The highest BCUT2D eigenvalue weighted by atomic mass is 16.4. The van der Waals surface area contributed by atoms with Crippen LogP contribution >= 0.6 is 0 Å². The van der Waals surface area contributed by atoms with Crippen LogP contribution in [-0.2, 0) is 4.79 Å². The summed E-state index contributed by atoms with van der Waals surface area (Å²) in [5, 5.41) is 12.4. The van der Waals surface area contributed by atoms with Gasteiger partial charge >= 0.3 is 5.97 Å². The average molecular weight is 253 g/mol. The van der Waals surface area contributed by atoms with Crippen LogP contribution in [0.25, 0.3) is 0 Å². The summed E-state index contributed by atoms with van der Waals surface area (Å²) in [6.45, 7) is 4.79. The maximum Gasteiger partial charge on any atom is 0.331 e. The molecule has 0 aromatic rings. The Morgan fingerprint density at radius 2 is 1.94 bits per heavy atom. The van der Waals surface area contributed by atoms with E-state index in [-0.39, 0.29) is 0 Å². The standard InChI is InChI=1S/C15H27NO2/c1-3-13(15(17)18)10-11-16-12(2)14-8-6-4-5-7-9-14/h10,12,14,16H,3-9,11H2,1-2H3,(H,17,18)/t12-/m0/s1. The molecule has 18 heavy (non-hydrogen) atoms. The minimum atomic E-state index is -0.790. The van der Waals surface area contributed by atoms with E-state index in [0.29, 0.717) is 24.6 Å². The molecular formula is C15H27NO2. The van der Waals surface area contributed by atoms with Crippen molar-refractivity contribution >= 4 is 5.97 Å². The second-order valence-electron chi connectivity index (χ2n) is 5.34. The van der Waals surface area contributed by atoms with E-state index in [1.54, 1.807) is 0 Å². The first-order valence-electron chi connectivity index (χ1n) is 7.30. The van der Waals surface area contributed by atoms with Crippen LogP contribution in [-0.4, -0.2) is 23.7 Å². The topological polar surface area (TPSA) is 49.3 Å². The molecule has 1 fully saturated rings. The van der Waals surface area contributed by atoms with Gasteiger partial charge in [0, 0.05) is 18.2 Å². The van der Waals surface area contributed by atoms with E-state index in [1.807, 2.05) is 13.0 Å². The third kappa shape index (κ3) is 5.21. The summed E-state index contributed by atoms with van der Waals surface area (Å²) in [6, 6.07) is 0.492. The number of carboxylic acid groups (broad SMARTS) is 1. The second-order valence-corrected chi connectivity index (χ2v) is 5.34. The molecule has 0 radical (unpaired) electrons. The summed E-state index contributed by atoms with van der Waals surface area (Å²) in [5.41, 5.74) is 0.510. The van der Waals surface area contributed by atoms with Gasteiger partial charge in [0.1, 0.15) is 0 Å². The summed E-state index contributed by atoms with van der Waals surface area (Å²) < 4.78 is 0. The number of hydrogen-bond acceptors (Lipinski definition) is 2. The lowest BCUT2D eigenvalue weighted by atomic mass is 9.93. The number of aliphatic carboxylic acids is 1. The Balaban J connectivity index is 2.35. The van der Waals surface area contributed by atoms with Gasteiger partial charge in [-0.05, 0) is 32.1 Å². The second kappa shape index (κ2) is 8.30. The van der Waals surface area contributed by atoms with Crippen LogP contribution in [0.15, 0.2) is 11.6 Å². The van der Waals surface area contributed by atoms with Gasteiger partial charge in [0.15, 0.2) is 0 Å². The Bertz CT molecular complexity index is 278. The van der Waals surface area contributed by atoms with Crippen molar-refractivity contribution < 1.29 is 9.90 Å². The largest absolute Gasteiger partial charge is 0.478 e. The molecule has 1 aliphatic carbocycles. The van der Waals surface area contributed by atoms with Crippen molar-refractivity contribution in [3.8, 4) is 0 Å². The molecule has 104 valence electrons. The van der Waals surface area contributed by atoms with Gasteiger partial charge in [-0.1, -0.05) is 38.7 Å². The number of rotatable bonds is 6. The lowest BCUT2D eigenvalue weighted by molar-refractivity contribution is -0.132. The number of nitrogens with one attached hydrogen (secondary N) is 1. The fourth-order valence-corrected chi connectivity index (χ4v) is 2.73. The molecule has 0 spiro atoms. The molecule has 2 N–H and O–H groups in total. The van der Waals surface area contributed by atoms with Crippen LogP contribution in [0.2, 0.25) is 0 Å². The molecular weight excluding hydrogens is 226 g/mol. The highest BCUT2D eigenvalue weighted by Gasteiger charge is 2.18. The van der Waals surface area contributed by atoms with Gasteiger partial charge in [-0.15, -0.1) is 0 Å². The SMILES string of the molecule is CCC(=CCN[C@@H](C)C1CCCCCC1)C(=O)O. The minimum Gasteiger partial charge on any atom is -0.478 e. The third-order valence-electron chi connectivity index (χ3n) is 4.05. The Hall–Kier alpha value is -0.830. The molecule has 3 heteroatoms. The molecule has 1 atom stereocenters. The summed E-state index contributed by atoms with van der Waals surface area (Å²) >= 11 is 0. The first-order valence-corrected chi connectivity index (χ1v) is 7.30. The van der Waals surface area contributed by atoms with Crippen molar-refractivity contribution in [1.29, 1.82) is 0 Å². The Morgan fingerprint density at radius 3 is 2.44 bits per heavy atom. The van der Waals surface area contributed by atoms with Crippen molar-refractivity contribution in [2.45, 2.75) is 64.8 Å². The van der Waals surface area contributed by atoms with Crippen LogP contribution in [0.3, 0.4) is 0 Å². The van der Waals surface area contributed by atoms with Crippen LogP contribution in [0.1, 0.15) is 58.8 Å². The summed E-state index contributed by atoms with van der Waals surface area (Å²) in [4.78, 5) is 10.9. The fraction of sp³-hybridized carbons (Fsp3) is 0.800. The van der Waals surface area contributed by atoms with Crippen LogP contribution in [0, 0.1) is 5.92 Å². The zero-order chi connectivity index (χ0) is 13.4. The van der Waals surface area contributed by atoms with Crippen LogP contribution in [0.4, 0.5) is 0 Å². The third-order valence-corrected chi connectivity index (χ3v) is 4.05. The maximum absolute atomic E-state index is 10.9. The fourth-order valence-electron chi connectivity index (χ4n) is 2.73. The molecule has 0 aromatic carbocycles. The number of carboxylic acids is 1. The van der Waals surface area contributed by atoms with E-state index in [9.17, 15) is 4.79 Å². The van der Waals surface area contributed by atoms with Gasteiger partial charge in [-0.2, -0.15) is 0 Å². The van der Waals surface area contributed by atoms with Crippen molar-refractivity contribution in [3.05, 3.63) is 11.6 Å². The van der Waals surface area contributed by atoms with Crippen LogP contribution in [0.5, 0.6) is 0 Å². The molecule has 1 saturated carbocycles. The maximum atomic E-state index is 10.9.